The molecule has 1 saturated carbocycles. The van der Waals surface area contributed by atoms with Crippen LogP contribution in [0, 0.1) is 11.7 Å². The molecule has 4 nitrogen and oxygen atoms in total. The third-order valence-corrected chi connectivity index (χ3v) is 2.96. The van der Waals surface area contributed by atoms with Crippen molar-refractivity contribution in [1.29, 1.82) is 0 Å². The molecule has 0 aliphatic heterocycles. The molecule has 0 atom stereocenters. The second-order valence-electron chi connectivity index (χ2n) is 4.53. The Morgan fingerprint density at radius 2 is 2.11 bits per heavy atom. The van der Waals surface area contributed by atoms with Crippen LogP contribution in [0.15, 0.2) is 18.2 Å². The van der Waals surface area contributed by atoms with Gasteiger partial charge in [0.2, 0.25) is 5.91 Å². The summed E-state index contributed by atoms with van der Waals surface area (Å²) in [6.07, 6.45) is 3.49. The van der Waals surface area contributed by atoms with E-state index in [4.69, 9.17) is 5.11 Å². The lowest BCUT2D eigenvalue weighted by Crippen LogP contribution is -2.13. The van der Waals surface area contributed by atoms with E-state index in [2.05, 4.69) is 5.32 Å². The van der Waals surface area contributed by atoms with Gasteiger partial charge in [-0.05, 0) is 30.5 Å². The zero-order valence-corrected chi connectivity index (χ0v) is 9.78. The van der Waals surface area contributed by atoms with Crippen molar-refractivity contribution in [3.05, 3.63) is 29.6 Å². The standard InChI is InChI=1S/C13H14FNO3/c14-10-5-4-9(13(17)18)7-11(10)15-12(16)6-3-8-1-2-8/h4-5,7-8H,1-3,6H2,(H,15,16)(H,17,18). The fraction of sp³-hybridized carbons (Fsp3) is 0.385. The van der Waals surface area contributed by atoms with Gasteiger partial charge in [-0.15, -0.1) is 0 Å². The normalized spacial score (nSPS) is 14.3. The SMILES string of the molecule is O=C(CCC1CC1)Nc1cc(C(=O)O)ccc1F. The molecule has 0 saturated heterocycles. The van der Waals surface area contributed by atoms with Crippen LogP contribution in [0.4, 0.5) is 10.1 Å². The van der Waals surface area contributed by atoms with Gasteiger partial charge in [-0.1, -0.05) is 12.8 Å². The van der Waals surface area contributed by atoms with Crippen LogP contribution in [0.25, 0.3) is 0 Å². The molecule has 0 radical (unpaired) electrons. The Morgan fingerprint density at radius 1 is 1.39 bits per heavy atom. The predicted molar refractivity (Wildman–Crippen MR) is 63.9 cm³/mol. The summed E-state index contributed by atoms with van der Waals surface area (Å²) >= 11 is 0. The highest BCUT2D eigenvalue weighted by molar-refractivity contribution is 5.94. The first-order valence-corrected chi connectivity index (χ1v) is 5.89. The average Bonchev–Trinajstić information content (AvgIpc) is 3.13. The van der Waals surface area contributed by atoms with Crippen LogP contribution in [-0.2, 0) is 4.79 Å². The molecule has 2 rings (SSSR count). The van der Waals surface area contributed by atoms with Crippen molar-refractivity contribution in [2.45, 2.75) is 25.7 Å². The maximum atomic E-state index is 13.4. The number of amides is 1. The van der Waals surface area contributed by atoms with Crippen LogP contribution in [0.1, 0.15) is 36.0 Å². The average molecular weight is 251 g/mol. The van der Waals surface area contributed by atoms with E-state index in [-0.39, 0.29) is 17.2 Å². The van der Waals surface area contributed by atoms with Gasteiger partial charge in [-0.25, -0.2) is 9.18 Å². The Hall–Kier alpha value is -1.91. The zero-order valence-electron chi connectivity index (χ0n) is 9.78. The molecule has 18 heavy (non-hydrogen) atoms. The van der Waals surface area contributed by atoms with E-state index in [1.807, 2.05) is 0 Å². The molecule has 1 fully saturated rings. The lowest BCUT2D eigenvalue weighted by molar-refractivity contribution is -0.116. The number of rotatable bonds is 5. The molecule has 1 aromatic carbocycles. The molecule has 1 aliphatic carbocycles. The van der Waals surface area contributed by atoms with Crippen LogP contribution >= 0.6 is 0 Å². The largest absolute Gasteiger partial charge is 0.478 e. The minimum atomic E-state index is -1.15. The third-order valence-electron chi connectivity index (χ3n) is 2.96. The summed E-state index contributed by atoms with van der Waals surface area (Å²) in [4.78, 5) is 22.3. The van der Waals surface area contributed by atoms with Gasteiger partial charge in [0.05, 0.1) is 11.3 Å². The summed E-state index contributed by atoms with van der Waals surface area (Å²) in [6.45, 7) is 0. The number of halogens is 1. The van der Waals surface area contributed by atoms with Gasteiger partial charge in [-0.2, -0.15) is 0 Å². The third kappa shape index (κ3) is 3.29. The van der Waals surface area contributed by atoms with E-state index in [1.54, 1.807) is 0 Å². The molecule has 0 unspecified atom stereocenters. The van der Waals surface area contributed by atoms with Gasteiger partial charge in [0, 0.05) is 6.42 Å². The maximum Gasteiger partial charge on any atom is 0.335 e. The highest BCUT2D eigenvalue weighted by Crippen LogP contribution is 2.33. The number of benzene rings is 1. The van der Waals surface area contributed by atoms with Crippen LogP contribution in [0.5, 0.6) is 0 Å². The summed E-state index contributed by atoms with van der Waals surface area (Å²) in [5, 5.41) is 11.2. The number of anilines is 1. The fourth-order valence-electron chi connectivity index (χ4n) is 1.71. The number of carboxylic acids is 1. The first-order valence-electron chi connectivity index (χ1n) is 5.89. The number of nitrogens with one attached hydrogen (secondary N) is 1. The predicted octanol–water partition coefficient (Wildman–Crippen LogP) is 2.65. The Kier molecular flexibility index (Phi) is 3.60. The van der Waals surface area contributed by atoms with E-state index in [0.29, 0.717) is 12.3 Å². The molecule has 0 spiro atoms. The monoisotopic (exact) mass is 251 g/mol. The van der Waals surface area contributed by atoms with Crippen molar-refractivity contribution < 1.29 is 19.1 Å². The smallest absolute Gasteiger partial charge is 0.335 e. The van der Waals surface area contributed by atoms with Crippen molar-refractivity contribution >= 4 is 17.6 Å². The summed E-state index contributed by atoms with van der Waals surface area (Å²) in [7, 11) is 0. The summed E-state index contributed by atoms with van der Waals surface area (Å²) < 4.78 is 13.4. The number of carbonyl (C=O) groups is 2. The Balaban J connectivity index is 1.99. The highest BCUT2D eigenvalue weighted by atomic mass is 19.1. The van der Waals surface area contributed by atoms with Gasteiger partial charge in [0.1, 0.15) is 5.82 Å². The van der Waals surface area contributed by atoms with Crippen LogP contribution in [0.3, 0.4) is 0 Å². The molecule has 1 amide bonds. The second-order valence-corrected chi connectivity index (χ2v) is 4.53. The molecule has 96 valence electrons. The minimum Gasteiger partial charge on any atom is -0.478 e. The number of hydrogen-bond donors (Lipinski definition) is 2. The Bertz CT molecular complexity index is 483. The second kappa shape index (κ2) is 5.16. The van der Waals surface area contributed by atoms with Crippen molar-refractivity contribution in [2.75, 3.05) is 5.32 Å². The topological polar surface area (TPSA) is 66.4 Å². The molecule has 0 bridgehead atoms. The number of hydrogen-bond acceptors (Lipinski definition) is 2. The quantitative estimate of drug-likeness (QED) is 0.845. The molecule has 5 heteroatoms. The van der Waals surface area contributed by atoms with Crippen LogP contribution in [0.2, 0.25) is 0 Å². The van der Waals surface area contributed by atoms with E-state index in [0.717, 1.165) is 37.5 Å². The van der Waals surface area contributed by atoms with Crippen molar-refractivity contribution in [3.63, 3.8) is 0 Å². The number of carboxylic acid groups (broad SMARTS) is 1. The molecule has 1 aromatic rings. The highest BCUT2D eigenvalue weighted by Gasteiger charge is 2.22. The summed E-state index contributed by atoms with van der Waals surface area (Å²) in [5.41, 5.74) is -0.121. The molecule has 1 aliphatic rings. The van der Waals surface area contributed by atoms with E-state index in [9.17, 15) is 14.0 Å². The van der Waals surface area contributed by atoms with Gasteiger partial charge in [0.25, 0.3) is 0 Å². The van der Waals surface area contributed by atoms with Crippen molar-refractivity contribution in [2.24, 2.45) is 5.92 Å². The fourth-order valence-corrected chi connectivity index (χ4v) is 1.71. The van der Waals surface area contributed by atoms with Gasteiger partial charge < -0.3 is 10.4 Å². The number of aromatic carboxylic acids is 1. The molecular weight excluding hydrogens is 237 g/mol. The molecule has 0 heterocycles. The van der Waals surface area contributed by atoms with Gasteiger partial charge in [0.15, 0.2) is 0 Å². The van der Waals surface area contributed by atoms with Crippen LogP contribution < -0.4 is 5.32 Å². The van der Waals surface area contributed by atoms with Gasteiger partial charge in [-0.3, -0.25) is 4.79 Å². The Morgan fingerprint density at radius 3 is 2.72 bits per heavy atom. The maximum absolute atomic E-state index is 13.4. The first kappa shape index (κ1) is 12.5. The minimum absolute atomic E-state index is 0.0473. The van der Waals surface area contributed by atoms with E-state index >= 15 is 0 Å². The molecule has 0 aromatic heterocycles. The molecular formula is C13H14FNO3. The van der Waals surface area contributed by atoms with Crippen LogP contribution in [-0.4, -0.2) is 17.0 Å². The van der Waals surface area contributed by atoms with Crippen molar-refractivity contribution in [3.8, 4) is 0 Å². The van der Waals surface area contributed by atoms with Gasteiger partial charge >= 0.3 is 5.97 Å². The first-order chi connectivity index (χ1) is 8.56. The molecule has 2 N–H and O–H groups in total. The Labute approximate surface area is 104 Å². The van der Waals surface area contributed by atoms with Crippen molar-refractivity contribution in [1.82, 2.24) is 0 Å². The lowest BCUT2D eigenvalue weighted by atomic mass is 10.1. The zero-order chi connectivity index (χ0) is 13.1. The van der Waals surface area contributed by atoms with E-state index < -0.39 is 11.8 Å². The summed E-state index contributed by atoms with van der Waals surface area (Å²) in [5.74, 6) is -1.42. The number of carbonyl (C=O) groups excluding carboxylic acids is 1. The lowest BCUT2D eigenvalue weighted by Gasteiger charge is -2.07. The summed E-state index contributed by atoms with van der Waals surface area (Å²) in [6, 6.07) is 3.34. The van der Waals surface area contributed by atoms with E-state index in [1.165, 1.54) is 0 Å².